The largest absolute Gasteiger partial charge is 0.394 e. The van der Waals surface area contributed by atoms with Crippen LogP contribution in [0.3, 0.4) is 0 Å². The fraction of sp³-hybridized carbons (Fsp3) is 0.643. The van der Waals surface area contributed by atoms with Gasteiger partial charge in [0.2, 0.25) is 5.91 Å². The van der Waals surface area contributed by atoms with Crippen molar-refractivity contribution >= 4 is 17.2 Å². The molecule has 0 aliphatic carbocycles. The lowest BCUT2D eigenvalue weighted by Gasteiger charge is -2.31. The standard InChI is InChI=1S/C14H19NO3S/c1-14(6-10-2-3-12(14)18-10)13(17)15-11(7-16)9-4-5-19-8-9/h4-5,8,10-12,16H,2-3,6-7H2,1H3,(H,15,17). The molecule has 2 N–H and O–H groups in total. The first-order valence-corrected chi connectivity index (χ1v) is 7.67. The van der Waals surface area contributed by atoms with Gasteiger partial charge in [0.1, 0.15) is 0 Å². The van der Waals surface area contributed by atoms with Gasteiger partial charge in [-0.2, -0.15) is 11.3 Å². The summed E-state index contributed by atoms with van der Waals surface area (Å²) in [5.41, 5.74) is 0.528. The van der Waals surface area contributed by atoms with E-state index in [1.165, 1.54) is 0 Å². The summed E-state index contributed by atoms with van der Waals surface area (Å²) in [5, 5.41) is 16.3. The van der Waals surface area contributed by atoms with E-state index in [9.17, 15) is 9.90 Å². The van der Waals surface area contributed by atoms with E-state index >= 15 is 0 Å². The van der Waals surface area contributed by atoms with E-state index < -0.39 is 5.41 Å². The van der Waals surface area contributed by atoms with E-state index in [0.29, 0.717) is 0 Å². The number of hydrogen-bond acceptors (Lipinski definition) is 4. The summed E-state index contributed by atoms with van der Waals surface area (Å²) in [7, 11) is 0. The Morgan fingerprint density at radius 1 is 1.68 bits per heavy atom. The first-order chi connectivity index (χ1) is 9.13. The third kappa shape index (κ3) is 2.20. The van der Waals surface area contributed by atoms with Crippen LogP contribution in [0.25, 0.3) is 0 Å². The minimum Gasteiger partial charge on any atom is -0.394 e. The SMILES string of the molecule is CC1(C(=O)NC(CO)c2ccsc2)CC2CCC1O2. The van der Waals surface area contributed by atoms with Crippen LogP contribution in [0.5, 0.6) is 0 Å². The Labute approximate surface area is 116 Å². The molecule has 4 atom stereocenters. The van der Waals surface area contributed by atoms with Gasteiger partial charge in [-0.05, 0) is 48.6 Å². The lowest BCUT2D eigenvalue weighted by molar-refractivity contribution is -0.134. The van der Waals surface area contributed by atoms with E-state index in [4.69, 9.17) is 4.74 Å². The molecule has 104 valence electrons. The Morgan fingerprint density at radius 3 is 3.05 bits per heavy atom. The van der Waals surface area contributed by atoms with E-state index in [-0.39, 0.29) is 30.8 Å². The van der Waals surface area contributed by atoms with Gasteiger partial charge in [-0.25, -0.2) is 0 Å². The van der Waals surface area contributed by atoms with Gasteiger partial charge in [0, 0.05) is 0 Å². The number of aliphatic hydroxyl groups excluding tert-OH is 1. The van der Waals surface area contributed by atoms with Crippen molar-refractivity contribution < 1.29 is 14.6 Å². The third-order valence-corrected chi connectivity index (χ3v) is 5.12. The molecule has 1 aromatic rings. The number of rotatable bonds is 4. The zero-order chi connectivity index (χ0) is 13.5. The third-order valence-electron chi connectivity index (χ3n) is 4.42. The molecule has 2 fully saturated rings. The fourth-order valence-electron chi connectivity index (χ4n) is 3.20. The molecule has 2 aliphatic heterocycles. The predicted molar refractivity (Wildman–Crippen MR) is 72.9 cm³/mol. The molecular weight excluding hydrogens is 262 g/mol. The molecule has 0 radical (unpaired) electrons. The molecule has 5 heteroatoms. The van der Waals surface area contributed by atoms with Gasteiger partial charge in [-0.15, -0.1) is 0 Å². The minimum atomic E-state index is -0.438. The summed E-state index contributed by atoms with van der Waals surface area (Å²) in [4.78, 5) is 12.5. The van der Waals surface area contributed by atoms with Crippen molar-refractivity contribution in [3.8, 4) is 0 Å². The maximum Gasteiger partial charge on any atom is 0.229 e. The molecular formula is C14H19NO3S. The molecule has 0 spiro atoms. The molecule has 4 unspecified atom stereocenters. The summed E-state index contributed by atoms with van der Waals surface area (Å²) in [6.45, 7) is 1.90. The van der Waals surface area contributed by atoms with Crippen molar-refractivity contribution in [3.63, 3.8) is 0 Å². The van der Waals surface area contributed by atoms with E-state index in [1.54, 1.807) is 11.3 Å². The maximum atomic E-state index is 12.5. The topological polar surface area (TPSA) is 58.6 Å². The van der Waals surface area contributed by atoms with Crippen LogP contribution in [0.15, 0.2) is 16.8 Å². The summed E-state index contributed by atoms with van der Waals surface area (Å²) >= 11 is 1.57. The average Bonchev–Trinajstić information content (AvgIpc) is 3.11. The van der Waals surface area contributed by atoms with Crippen molar-refractivity contribution in [2.75, 3.05) is 6.61 Å². The number of aliphatic hydroxyl groups is 1. The van der Waals surface area contributed by atoms with E-state index in [1.807, 2.05) is 23.8 Å². The number of hydrogen-bond donors (Lipinski definition) is 2. The monoisotopic (exact) mass is 281 g/mol. The number of carbonyl (C=O) groups excluding carboxylic acids is 1. The second-order valence-corrected chi connectivity index (χ2v) is 6.49. The first-order valence-electron chi connectivity index (χ1n) is 6.73. The molecule has 3 heterocycles. The van der Waals surface area contributed by atoms with Crippen molar-refractivity contribution in [2.24, 2.45) is 5.41 Å². The number of amides is 1. The van der Waals surface area contributed by atoms with Gasteiger partial charge in [0.15, 0.2) is 0 Å². The van der Waals surface area contributed by atoms with Gasteiger partial charge in [0.25, 0.3) is 0 Å². The van der Waals surface area contributed by atoms with Crippen molar-refractivity contribution in [2.45, 2.75) is 44.4 Å². The van der Waals surface area contributed by atoms with Gasteiger partial charge in [0.05, 0.1) is 30.3 Å². The lowest BCUT2D eigenvalue weighted by atomic mass is 9.74. The highest BCUT2D eigenvalue weighted by Gasteiger charge is 2.54. The molecule has 3 rings (SSSR count). The quantitative estimate of drug-likeness (QED) is 0.885. The molecule has 0 aromatic carbocycles. The van der Waals surface area contributed by atoms with Crippen molar-refractivity contribution in [3.05, 3.63) is 22.4 Å². The van der Waals surface area contributed by atoms with Gasteiger partial charge in [-0.1, -0.05) is 0 Å². The Bertz CT molecular complexity index is 461. The highest BCUT2D eigenvalue weighted by atomic mass is 32.1. The zero-order valence-electron chi connectivity index (χ0n) is 11.0. The Hall–Kier alpha value is -0.910. The first kappa shape index (κ1) is 13.1. The highest BCUT2D eigenvalue weighted by Crippen LogP contribution is 2.47. The van der Waals surface area contributed by atoms with Gasteiger partial charge >= 0.3 is 0 Å². The van der Waals surface area contributed by atoms with Crippen LogP contribution in [0.4, 0.5) is 0 Å². The molecule has 2 aliphatic rings. The summed E-state index contributed by atoms with van der Waals surface area (Å²) < 4.78 is 5.79. The van der Waals surface area contributed by atoms with Crippen LogP contribution in [0.1, 0.15) is 37.8 Å². The molecule has 0 saturated carbocycles. The summed E-state index contributed by atoms with van der Waals surface area (Å²) in [5.74, 6) is 0.00458. The van der Waals surface area contributed by atoms with Crippen LogP contribution in [-0.2, 0) is 9.53 Å². The number of nitrogens with one attached hydrogen (secondary N) is 1. The molecule has 2 bridgehead atoms. The van der Waals surface area contributed by atoms with Gasteiger partial charge in [-0.3, -0.25) is 4.79 Å². The maximum absolute atomic E-state index is 12.5. The predicted octanol–water partition coefficient (Wildman–Crippen LogP) is 1.86. The number of thiophene rings is 1. The average molecular weight is 281 g/mol. The summed E-state index contributed by atoms with van der Waals surface area (Å²) in [6, 6.07) is 1.63. The van der Waals surface area contributed by atoms with Crippen LogP contribution in [0, 0.1) is 5.41 Å². The Balaban J connectivity index is 1.71. The second kappa shape index (κ2) is 4.89. The number of fused-ring (bicyclic) bond motifs is 2. The number of carbonyl (C=O) groups is 1. The Kier molecular flexibility index (Phi) is 3.37. The summed E-state index contributed by atoms with van der Waals surface area (Å²) in [6.07, 6.45) is 3.12. The Morgan fingerprint density at radius 2 is 2.53 bits per heavy atom. The van der Waals surface area contributed by atoms with Crippen molar-refractivity contribution in [1.29, 1.82) is 0 Å². The number of ether oxygens (including phenoxy) is 1. The van der Waals surface area contributed by atoms with Crippen LogP contribution < -0.4 is 5.32 Å². The van der Waals surface area contributed by atoms with Gasteiger partial charge < -0.3 is 15.2 Å². The van der Waals surface area contributed by atoms with Crippen LogP contribution in [-0.4, -0.2) is 29.8 Å². The molecule has 4 nitrogen and oxygen atoms in total. The van der Waals surface area contributed by atoms with Crippen LogP contribution in [0.2, 0.25) is 0 Å². The van der Waals surface area contributed by atoms with Crippen LogP contribution >= 0.6 is 11.3 Å². The van der Waals surface area contributed by atoms with Crippen molar-refractivity contribution in [1.82, 2.24) is 5.32 Å². The fourth-order valence-corrected chi connectivity index (χ4v) is 3.91. The normalized spacial score (nSPS) is 34.4. The van der Waals surface area contributed by atoms with E-state index in [0.717, 1.165) is 24.8 Å². The molecule has 1 aromatic heterocycles. The van der Waals surface area contributed by atoms with E-state index in [2.05, 4.69) is 5.32 Å². The minimum absolute atomic E-state index is 0.00458. The lowest BCUT2D eigenvalue weighted by Crippen LogP contribution is -2.46. The molecule has 19 heavy (non-hydrogen) atoms. The molecule has 1 amide bonds. The second-order valence-electron chi connectivity index (χ2n) is 5.71. The smallest absolute Gasteiger partial charge is 0.229 e. The molecule has 2 saturated heterocycles. The highest BCUT2D eigenvalue weighted by molar-refractivity contribution is 7.07. The zero-order valence-corrected chi connectivity index (χ0v) is 11.8.